The fourth-order valence-electron chi connectivity index (χ4n) is 2.40. The lowest BCUT2D eigenvalue weighted by atomic mass is 9.92. The molecule has 2 heterocycles. The second kappa shape index (κ2) is 3.84. The molecule has 0 radical (unpaired) electrons. The summed E-state index contributed by atoms with van der Waals surface area (Å²) in [4.78, 5) is 13.1. The lowest BCUT2D eigenvalue weighted by molar-refractivity contribution is -0.0166. The van der Waals surface area contributed by atoms with Gasteiger partial charge in [-0.2, -0.15) is 0 Å². The van der Waals surface area contributed by atoms with Gasteiger partial charge in [-0.1, -0.05) is 0 Å². The minimum atomic E-state index is -3.31. The summed E-state index contributed by atoms with van der Waals surface area (Å²) in [5, 5.41) is 9.81. The van der Waals surface area contributed by atoms with E-state index in [1.165, 1.54) is 4.90 Å². The Balaban J connectivity index is 2.04. The molecule has 2 saturated heterocycles. The monoisotopic (exact) mass is 277 g/mol. The number of hydrogen-bond donors (Lipinski definition) is 1. The third-order valence-electron chi connectivity index (χ3n) is 3.46. The molecule has 0 unspecified atom stereocenters. The molecule has 2 aliphatic rings. The zero-order valence-electron chi connectivity index (χ0n) is 10.8. The van der Waals surface area contributed by atoms with E-state index < -0.39 is 32.4 Å². The van der Waals surface area contributed by atoms with Gasteiger partial charge < -0.3 is 14.7 Å². The maximum absolute atomic E-state index is 11.9. The lowest BCUT2D eigenvalue weighted by Crippen LogP contribution is -2.70. The molecule has 0 saturated carbocycles. The molecule has 1 spiro atoms. The average molecular weight is 277 g/mol. The van der Waals surface area contributed by atoms with Gasteiger partial charge in [0.1, 0.15) is 10.3 Å². The Morgan fingerprint density at radius 3 is 2.33 bits per heavy atom. The van der Waals surface area contributed by atoms with Gasteiger partial charge in [-0.25, -0.2) is 13.2 Å². The normalized spacial score (nSPS) is 29.1. The first-order valence-corrected chi connectivity index (χ1v) is 7.61. The molecule has 6 nitrogen and oxygen atoms in total. The summed E-state index contributed by atoms with van der Waals surface area (Å²) in [6, 6.07) is 0. The van der Waals surface area contributed by atoms with Crippen molar-refractivity contribution in [1.82, 2.24) is 4.90 Å². The molecule has 0 aliphatic carbocycles. The third kappa shape index (κ3) is 1.99. The highest BCUT2D eigenvalue weighted by Gasteiger charge is 2.63. The molecule has 1 amide bonds. The topological polar surface area (TPSA) is 83.9 Å². The largest absolute Gasteiger partial charge is 0.444 e. The van der Waals surface area contributed by atoms with Crippen LogP contribution in [0.15, 0.2) is 0 Å². The predicted molar refractivity (Wildman–Crippen MR) is 64.9 cm³/mol. The first kappa shape index (κ1) is 13.6. The van der Waals surface area contributed by atoms with Crippen LogP contribution in [-0.2, 0) is 14.6 Å². The van der Waals surface area contributed by atoms with Crippen LogP contribution >= 0.6 is 0 Å². The molecule has 0 bridgehead atoms. The van der Waals surface area contributed by atoms with Crippen LogP contribution in [0.3, 0.4) is 0 Å². The van der Waals surface area contributed by atoms with Crippen molar-refractivity contribution in [3.8, 4) is 0 Å². The highest BCUT2D eigenvalue weighted by atomic mass is 32.2. The van der Waals surface area contributed by atoms with Crippen LogP contribution in [0.5, 0.6) is 0 Å². The average Bonchev–Trinajstić information content (AvgIpc) is 2.31. The van der Waals surface area contributed by atoms with E-state index >= 15 is 0 Å². The molecule has 1 atom stereocenters. The Bertz CT molecular complexity index is 458. The van der Waals surface area contributed by atoms with Gasteiger partial charge in [0.25, 0.3) is 0 Å². The number of nitrogens with zero attached hydrogens (tertiary/aromatic N) is 1. The van der Waals surface area contributed by atoms with Crippen molar-refractivity contribution in [1.29, 1.82) is 0 Å². The summed E-state index contributed by atoms with van der Waals surface area (Å²) < 4.78 is 27.8. The molecule has 104 valence electrons. The van der Waals surface area contributed by atoms with Crippen LogP contribution in [0.25, 0.3) is 0 Å². The smallest absolute Gasteiger partial charge is 0.410 e. The Morgan fingerprint density at radius 1 is 1.39 bits per heavy atom. The molecule has 2 fully saturated rings. The molecule has 1 N–H and O–H groups in total. The van der Waals surface area contributed by atoms with Crippen LogP contribution in [0, 0.1) is 0 Å². The van der Waals surface area contributed by atoms with Crippen LogP contribution in [0.1, 0.15) is 27.2 Å². The number of rotatable bonds is 0. The summed E-state index contributed by atoms with van der Waals surface area (Å²) in [6.45, 7) is 5.32. The quantitative estimate of drug-likeness (QED) is 0.681. The molecule has 7 heteroatoms. The van der Waals surface area contributed by atoms with Crippen molar-refractivity contribution in [3.63, 3.8) is 0 Å². The summed E-state index contributed by atoms with van der Waals surface area (Å²) in [7, 11) is -3.31. The molecular weight excluding hydrogens is 258 g/mol. The van der Waals surface area contributed by atoms with E-state index in [4.69, 9.17) is 4.74 Å². The molecule has 18 heavy (non-hydrogen) atoms. The second-order valence-electron chi connectivity index (χ2n) is 6.02. The first-order chi connectivity index (χ1) is 8.07. The van der Waals surface area contributed by atoms with Crippen LogP contribution in [-0.4, -0.2) is 59.8 Å². The Morgan fingerprint density at radius 2 is 1.94 bits per heavy atom. The lowest BCUT2D eigenvalue weighted by Gasteiger charge is -2.48. The van der Waals surface area contributed by atoms with E-state index in [9.17, 15) is 18.3 Å². The molecule has 0 aromatic rings. The molecule has 2 rings (SSSR count). The highest BCUT2D eigenvalue weighted by molar-refractivity contribution is 7.93. The van der Waals surface area contributed by atoms with Crippen LogP contribution in [0.4, 0.5) is 4.79 Å². The maximum Gasteiger partial charge on any atom is 0.410 e. The first-order valence-electron chi connectivity index (χ1n) is 5.96. The van der Waals surface area contributed by atoms with E-state index in [2.05, 4.69) is 0 Å². The number of carbonyl (C=O) groups excluding carboxylic acids is 1. The number of aliphatic hydroxyl groups excluding tert-OH is 1. The fraction of sp³-hybridized carbons (Fsp3) is 0.909. The summed E-state index contributed by atoms with van der Waals surface area (Å²) >= 11 is 0. The van der Waals surface area contributed by atoms with E-state index in [0.29, 0.717) is 0 Å². The minimum absolute atomic E-state index is 0.00365. The Kier molecular flexibility index (Phi) is 2.90. The number of ether oxygens (including phenoxy) is 1. The van der Waals surface area contributed by atoms with E-state index in [1.807, 2.05) is 0 Å². The Labute approximate surface area is 107 Å². The van der Waals surface area contributed by atoms with Crippen molar-refractivity contribution in [2.75, 3.05) is 18.8 Å². The zero-order chi connectivity index (χ0) is 13.8. The van der Waals surface area contributed by atoms with Gasteiger partial charge >= 0.3 is 6.09 Å². The predicted octanol–water partition coefficient (Wildman–Crippen LogP) is 0.155. The second-order valence-corrected chi connectivity index (χ2v) is 8.48. The van der Waals surface area contributed by atoms with Gasteiger partial charge in [-0.3, -0.25) is 0 Å². The summed E-state index contributed by atoms with van der Waals surface area (Å²) in [5.74, 6) is -0.00365. The fourth-order valence-corrected chi connectivity index (χ4v) is 4.58. The van der Waals surface area contributed by atoms with Gasteiger partial charge in [0, 0.05) is 13.1 Å². The van der Waals surface area contributed by atoms with Gasteiger partial charge in [-0.05, 0) is 27.2 Å². The van der Waals surface area contributed by atoms with Gasteiger partial charge in [0.15, 0.2) is 9.84 Å². The maximum atomic E-state index is 11.9. The van der Waals surface area contributed by atoms with Gasteiger partial charge in [-0.15, -0.1) is 0 Å². The number of carbonyl (C=O) groups is 1. The van der Waals surface area contributed by atoms with Crippen molar-refractivity contribution < 1.29 is 23.1 Å². The van der Waals surface area contributed by atoms with E-state index in [1.54, 1.807) is 20.8 Å². The summed E-state index contributed by atoms with van der Waals surface area (Å²) in [5.41, 5.74) is -0.604. The van der Waals surface area contributed by atoms with Gasteiger partial charge in [0.05, 0.1) is 11.9 Å². The third-order valence-corrected chi connectivity index (χ3v) is 6.00. The minimum Gasteiger partial charge on any atom is -0.444 e. The Hall–Kier alpha value is -0.820. The number of aliphatic hydroxyl groups is 1. The number of sulfone groups is 1. The standard InChI is InChI=1S/C11H19NO5S/c1-10(2,3)17-9(14)12-6-11(7-12)8(13)4-5-18(11,15)16/h8,13H,4-7H2,1-3H3/t8-/m1/s1. The molecule has 2 aliphatic heterocycles. The van der Waals surface area contributed by atoms with E-state index in [0.717, 1.165) is 0 Å². The van der Waals surface area contributed by atoms with Crippen LogP contribution < -0.4 is 0 Å². The van der Waals surface area contributed by atoms with Crippen LogP contribution in [0.2, 0.25) is 0 Å². The van der Waals surface area contributed by atoms with Crippen molar-refractivity contribution in [3.05, 3.63) is 0 Å². The molecular formula is C11H19NO5S. The SMILES string of the molecule is CC(C)(C)OC(=O)N1CC2(C1)[C@H](O)CCS2(=O)=O. The highest BCUT2D eigenvalue weighted by Crippen LogP contribution is 2.40. The number of hydrogen-bond acceptors (Lipinski definition) is 5. The molecule has 0 aromatic heterocycles. The van der Waals surface area contributed by atoms with Crippen molar-refractivity contribution in [2.24, 2.45) is 0 Å². The van der Waals surface area contributed by atoms with E-state index in [-0.39, 0.29) is 25.3 Å². The van der Waals surface area contributed by atoms with Crippen molar-refractivity contribution >= 4 is 15.9 Å². The van der Waals surface area contributed by atoms with Crippen molar-refractivity contribution in [2.45, 2.75) is 43.6 Å². The number of likely N-dealkylation sites (tertiary alicyclic amines) is 1. The van der Waals surface area contributed by atoms with Gasteiger partial charge in [0.2, 0.25) is 0 Å². The summed E-state index contributed by atoms with van der Waals surface area (Å²) in [6.07, 6.45) is -1.14. The molecule has 0 aromatic carbocycles. The zero-order valence-corrected chi connectivity index (χ0v) is 11.7. The number of amides is 1.